The van der Waals surface area contributed by atoms with Crippen LogP contribution >= 0.6 is 0 Å². The quantitative estimate of drug-likeness (QED) is 0.556. The van der Waals surface area contributed by atoms with E-state index >= 15 is 0 Å². The average Bonchev–Trinajstić information content (AvgIpc) is 1.35. The Balaban J connectivity index is -0.000000125. The molecule has 0 saturated carbocycles. The standard InChI is InChI=1S/C6H12.CH4.Y/c1-4-5-6(2)3;;/h4-6H,1-3H3;1H4;/b5-4+;;. The van der Waals surface area contributed by atoms with E-state index in [9.17, 15) is 0 Å². The van der Waals surface area contributed by atoms with E-state index < -0.39 is 0 Å². The van der Waals surface area contributed by atoms with Gasteiger partial charge in [-0.1, -0.05) is 33.4 Å². The maximum absolute atomic E-state index is 2.17. The zero-order valence-electron chi connectivity index (χ0n) is 5.31. The van der Waals surface area contributed by atoms with E-state index in [1.54, 1.807) is 0 Å². The fraction of sp³-hybridized carbons (Fsp3) is 0.714. The molecule has 0 spiro atoms. The summed E-state index contributed by atoms with van der Waals surface area (Å²) >= 11 is 0. The number of hydrogen-bond acceptors (Lipinski definition) is 0. The van der Waals surface area contributed by atoms with Crippen molar-refractivity contribution in [2.75, 3.05) is 0 Å². The van der Waals surface area contributed by atoms with Crippen molar-refractivity contribution in [2.24, 2.45) is 5.92 Å². The molecule has 0 fully saturated rings. The van der Waals surface area contributed by atoms with Crippen LogP contribution in [0.4, 0.5) is 0 Å². The molecule has 8 heavy (non-hydrogen) atoms. The Kier molecular flexibility index (Phi) is 21.4. The van der Waals surface area contributed by atoms with Gasteiger partial charge in [-0.3, -0.25) is 0 Å². The molecule has 1 heteroatoms. The van der Waals surface area contributed by atoms with Crippen molar-refractivity contribution in [3.8, 4) is 0 Å². The predicted octanol–water partition coefficient (Wildman–Crippen LogP) is 2.85. The van der Waals surface area contributed by atoms with Crippen molar-refractivity contribution >= 4 is 0 Å². The second kappa shape index (κ2) is 10.8. The Hall–Kier alpha value is 0.844. The summed E-state index contributed by atoms with van der Waals surface area (Å²) in [5, 5.41) is 0. The smallest absolute Gasteiger partial charge is 0 e. The molecular formula is C7H16Y. The summed E-state index contributed by atoms with van der Waals surface area (Å²) in [6.07, 6.45) is 4.24. The van der Waals surface area contributed by atoms with Crippen LogP contribution in [-0.2, 0) is 32.7 Å². The number of allylic oxidation sites excluding steroid dienone is 2. The van der Waals surface area contributed by atoms with Gasteiger partial charge in [-0.2, -0.15) is 0 Å². The Labute approximate surface area is 78.6 Å². The van der Waals surface area contributed by atoms with Crippen LogP contribution in [0.3, 0.4) is 0 Å². The molecule has 0 bridgehead atoms. The summed E-state index contributed by atoms with van der Waals surface area (Å²) in [5.41, 5.74) is 0. The van der Waals surface area contributed by atoms with Crippen molar-refractivity contribution in [1.29, 1.82) is 0 Å². The third-order valence-electron chi connectivity index (χ3n) is 0.577. The second-order valence-corrected chi connectivity index (χ2v) is 1.77. The van der Waals surface area contributed by atoms with Gasteiger partial charge in [-0.05, 0) is 12.8 Å². The van der Waals surface area contributed by atoms with E-state index in [2.05, 4.69) is 26.0 Å². The number of hydrogen-bond donors (Lipinski definition) is 0. The van der Waals surface area contributed by atoms with Gasteiger partial charge in [-0.15, -0.1) is 0 Å². The van der Waals surface area contributed by atoms with Crippen LogP contribution in [0.2, 0.25) is 0 Å². The monoisotopic (exact) mass is 189 g/mol. The summed E-state index contributed by atoms with van der Waals surface area (Å²) in [6.45, 7) is 6.38. The Morgan fingerprint density at radius 2 is 1.62 bits per heavy atom. The summed E-state index contributed by atoms with van der Waals surface area (Å²) in [5.74, 6) is 0.718. The fourth-order valence-corrected chi connectivity index (χ4v) is 0.385. The van der Waals surface area contributed by atoms with Crippen molar-refractivity contribution in [3.63, 3.8) is 0 Å². The third kappa shape index (κ3) is 15.8. The van der Waals surface area contributed by atoms with Gasteiger partial charge in [0.1, 0.15) is 0 Å². The maximum atomic E-state index is 2.17. The Bertz CT molecular complexity index is 46.3. The maximum Gasteiger partial charge on any atom is 0 e. The van der Waals surface area contributed by atoms with Crippen molar-refractivity contribution in [3.05, 3.63) is 12.2 Å². The van der Waals surface area contributed by atoms with Crippen LogP contribution in [0, 0.1) is 5.92 Å². The molecule has 1 radical (unpaired) electrons. The molecule has 0 saturated heterocycles. The van der Waals surface area contributed by atoms with E-state index in [0.29, 0.717) is 0 Å². The van der Waals surface area contributed by atoms with Crippen LogP contribution in [0.25, 0.3) is 0 Å². The zero-order valence-corrected chi connectivity index (χ0v) is 8.15. The van der Waals surface area contributed by atoms with E-state index in [1.165, 1.54) is 0 Å². The molecular weight excluding hydrogens is 173 g/mol. The molecule has 0 atom stereocenters. The summed E-state index contributed by atoms with van der Waals surface area (Å²) in [6, 6.07) is 0. The van der Waals surface area contributed by atoms with Gasteiger partial charge in [0.2, 0.25) is 0 Å². The van der Waals surface area contributed by atoms with Gasteiger partial charge in [0.05, 0.1) is 0 Å². The van der Waals surface area contributed by atoms with Crippen LogP contribution in [0.15, 0.2) is 12.2 Å². The minimum absolute atomic E-state index is 0. The molecule has 0 rings (SSSR count). The molecule has 0 aliphatic carbocycles. The van der Waals surface area contributed by atoms with E-state index in [-0.39, 0.29) is 40.1 Å². The molecule has 0 aromatic heterocycles. The van der Waals surface area contributed by atoms with Crippen molar-refractivity contribution < 1.29 is 32.7 Å². The molecule has 0 unspecified atom stereocenters. The topological polar surface area (TPSA) is 0 Å². The molecule has 0 heterocycles. The first kappa shape index (κ1) is 15.9. The third-order valence-corrected chi connectivity index (χ3v) is 0.577. The average molecular weight is 189 g/mol. The fourth-order valence-electron chi connectivity index (χ4n) is 0.385. The van der Waals surface area contributed by atoms with Gasteiger partial charge < -0.3 is 0 Å². The SMILES string of the molecule is C.C/C=C/C(C)C.[Y]. The largest absolute Gasteiger partial charge is 0.0914 e. The number of rotatable bonds is 1. The van der Waals surface area contributed by atoms with Crippen molar-refractivity contribution in [2.45, 2.75) is 28.2 Å². The first-order valence-corrected chi connectivity index (χ1v) is 2.40. The molecule has 0 aromatic rings. The van der Waals surface area contributed by atoms with Gasteiger partial charge in [-0.25, -0.2) is 0 Å². The van der Waals surface area contributed by atoms with Crippen LogP contribution in [0.5, 0.6) is 0 Å². The summed E-state index contributed by atoms with van der Waals surface area (Å²) in [4.78, 5) is 0. The zero-order chi connectivity index (χ0) is 4.99. The van der Waals surface area contributed by atoms with Crippen LogP contribution in [-0.4, -0.2) is 0 Å². The second-order valence-electron chi connectivity index (χ2n) is 1.77. The normalized spacial score (nSPS) is 8.50. The van der Waals surface area contributed by atoms with Gasteiger partial charge in [0.15, 0.2) is 0 Å². The van der Waals surface area contributed by atoms with Gasteiger partial charge in [0.25, 0.3) is 0 Å². The minimum Gasteiger partial charge on any atom is -0.0914 e. The summed E-state index contributed by atoms with van der Waals surface area (Å²) in [7, 11) is 0. The minimum atomic E-state index is 0. The van der Waals surface area contributed by atoms with Crippen molar-refractivity contribution in [1.82, 2.24) is 0 Å². The van der Waals surface area contributed by atoms with Crippen LogP contribution in [0.1, 0.15) is 28.2 Å². The van der Waals surface area contributed by atoms with E-state index in [1.807, 2.05) is 6.92 Å². The Morgan fingerprint density at radius 1 is 1.25 bits per heavy atom. The first-order chi connectivity index (χ1) is 2.77. The molecule has 47 valence electrons. The molecule has 0 amide bonds. The Morgan fingerprint density at radius 3 is 1.62 bits per heavy atom. The molecule has 0 aliphatic heterocycles. The molecule has 0 aromatic carbocycles. The van der Waals surface area contributed by atoms with Crippen LogP contribution < -0.4 is 0 Å². The van der Waals surface area contributed by atoms with Gasteiger partial charge in [0, 0.05) is 32.7 Å². The molecule has 0 aliphatic rings. The van der Waals surface area contributed by atoms with E-state index in [4.69, 9.17) is 0 Å². The molecule has 0 nitrogen and oxygen atoms in total. The first-order valence-electron chi connectivity index (χ1n) is 2.40. The van der Waals surface area contributed by atoms with E-state index in [0.717, 1.165) is 5.92 Å². The molecule has 0 N–H and O–H groups in total. The van der Waals surface area contributed by atoms with Gasteiger partial charge >= 0.3 is 0 Å². The summed E-state index contributed by atoms with van der Waals surface area (Å²) < 4.78 is 0. The predicted molar refractivity (Wildman–Crippen MR) is 36.4 cm³/mol.